The number of fused-ring (bicyclic) bond motifs is 1. The fraction of sp³-hybridized carbons (Fsp3) is 0.864. The number of carbonyl (C=O) groups excluding carboxylic acids is 3. The number of methoxy groups -OCH3 is 1. The van der Waals surface area contributed by atoms with Gasteiger partial charge in [-0.25, -0.2) is 9.59 Å². The number of carbonyl (C=O) groups is 3. The highest BCUT2D eigenvalue weighted by atomic mass is 32.2. The molecular formula is C22H40N4O6S. The lowest BCUT2D eigenvalue weighted by atomic mass is 10.0. The lowest BCUT2D eigenvalue weighted by Gasteiger charge is -2.16. The van der Waals surface area contributed by atoms with Gasteiger partial charge in [-0.2, -0.15) is 11.8 Å². The van der Waals surface area contributed by atoms with Crippen LogP contribution in [0.3, 0.4) is 0 Å². The van der Waals surface area contributed by atoms with E-state index in [1.54, 1.807) is 7.11 Å². The summed E-state index contributed by atoms with van der Waals surface area (Å²) in [6, 6.07) is 0.448. The fourth-order valence-corrected chi connectivity index (χ4v) is 5.42. The molecule has 0 aromatic carbocycles. The molecule has 0 saturated carbocycles. The van der Waals surface area contributed by atoms with Gasteiger partial charge in [0.2, 0.25) is 5.91 Å². The van der Waals surface area contributed by atoms with Crippen LogP contribution in [0.25, 0.3) is 0 Å². The second-order valence-electron chi connectivity index (χ2n) is 8.30. The molecule has 2 rings (SSSR count). The lowest BCUT2D eigenvalue weighted by molar-refractivity contribution is -0.121. The Kier molecular flexibility index (Phi) is 14.0. The van der Waals surface area contributed by atoms with E-state index in [-0.39, 0.29) is 30.6 Å². The van der Waals surface area contributed by atoms with Gasteiger partial charge in [0.15, 0.2) is 0 Å². The van der Waals surface area contributed by atoms with E-state index in [4.69, 9.17) is 14.2 Å². The van der Waals surface area contributed by atoms with Gasteiger partial charge in [-0.15, -0.1) is 0 Å². The van der Waals surface area contributed by atoms with Crippen LogP contribution in [0.1, 0.15) is 51.4 Å². The van der Waals surface area contributed by atoms with Gasteiger partial charge in [-0.05, 0) is 25.7 Å². The number of urea groups is 1. The molecule has 3 atom stereocenters. The van der Waals surface area contributed by atoms with Gasteiger partial charge in [0.1, 0.15) is 6.61 Å². The van der Waals surface area contributed by atoms with Crippen molar-refractivity contribution in [3.63, 3.8) is 0 Å². The Bertz CT molecular complexity index is 597. The number of nitrogens with one attached hydrogen (secondary N) is 4. The van der Waals surface area contributed by atoms with Crippen molar-refractivity contribution in [3.8, 4) is 0 Å². The van der Waals surface area contributed by atoms with E-state index in [0.29, 0.717) is 44.6 Å². The average Bonchev–Trinajstić information content (AvgIpc) is 3.34. The summed E-state index contributed by atoms with van der Waals surface area (Å²) in [5.74, 6) is 1.08. The highest BCUT2D eigenvalue weighted by molar-refractivity contribution is 8.00. The number of alkyl carbamates (subject to hydrolysis) is 1. The van der Waals surface area contributed by atoms with E-state index in [2.05, 4.69) is 21.3 Å². The minimum atomic E-state index is -0.423. The Hall–Kier alpha value is -1.72. The number of hydrogen-bond donors (Lipinski definition) is 4. The molecule has 0 aliphatic carbocycles. The van der Waals surface area contributed by atoms with Crippen molar-refractivity contribution in [1.82, 2.24) is 21.3 Å². The number of rotatable bonds is 18. The molecule has 2 aliphatic heterocycles. The number of ether oxygens (including phenoxy) is 3. The van der Waals surface area contributed by atoms with Crippen LogP contribution in [0.2, 0.25) is 0 Å². The Morgan fingerprint density at radius 2 is 1.73 bits per heavy atom. The van der Waals surface area contributed by atoms with Crippen LogP contribution in [0.15, 0.2) is 0 Å². The first-order valence-electron chi connectivity index (χ1n) is 12.0. The molecular weight excluding hydrogens is 448 g/mol. The van der Waals surface area contributed by atoms with Gasteiger partial charge < -0.3 is 35.5 Å². The second kappa shape index (κ2) is 16.8. The molecule has 11 heteroatoms. The summed E-state index contributed by atoms with van der Waals surface area (Å²) in [5, 5.41) is 12.1. The number of thioether (sulfide) groups is 1. The largest absolute Gasteiger partial charge is 0.447 e. The summed E-state index contributed by atoms with van der Waals surface area (Å²) in [4.78, 5) is 34.9. The molecule has 0 aromatic heterocycles. The molecule has 2 aliphatic rings. The lowest BCUT2D eigenvalue weighted by Crippen LogP contribution is -2.36. The minimum Gasteiger partial charge on any atom is -0.447 e. The van der Waals surface area contributed by atoms with Gasteiger partial charge >= 0.3 is 12.1 Å². The van der Waals surface area contributed by atoms with Crippen LogP contribution in [-0.2, 0) is 19.0 Å². The van der Waals surface area contributed by atoms with Gasteiger partial charge in [-0.1, -0.05) is 19.3 Å². The third kappa shape index (κ3) is 11.8. The molecule has 0 aromatic rings. The fourth-order valence-electron chi connectivity index (χ4n) is 3.87. The van der Waals surface area contributed by atoms with E-state index in [9.17, 15) is 14.4 Å². The average molecular weight is 489 g/mol. The summed E-state index contributed by atoms with van der Waals surface area (Å²) >= 11 is 1.91. The zero-order valence-electron chi connectivity index (χ0n) is 19.7. The molecule has 4 N–H and O–H groups in total. The highest BCUT2D eigenvalue weighted by Gasteiger charge is 2.42. The molecule has 0 bridgehead atoms. The monoisotopic (exact) mass is 488 g/mol. The normalized spacial score (nSPS) is 21.2. The smallest absolute Gasteiger partial charge is 0.407 e. The number of hydrogen-bond acceptors (Lipinski definition) is 7. The van der Waals surface area contributed by atoms with Crippen molar-refractivity contribution < 1.29 is 28.6 Å². The Balaban J connectivity index is 1.32. The Morgan fingerprint density at radius 3 is 2.52 bits per heavy atom. The van der Waals surface area contributed by atoms with Gasteiger partial charge in [0, 0.05) is 37.6 Å². The molecule has 4 amide bonds. The van der Waals surface area contributed by atoms with Gasteiger partial charge in [-0.3, -0.25) is 4.79 Å². The molecule has 2 heterocycles. The van der Waals surface area contributed by atoms with Crippen molar-refractivity contribution in [2.45, 2.75) is 68.7 Å². The SMILES string of the molecule is COCCOCCOC(=O)NCCCCCCNC(=O)CCCCC1SCC2NC(=O)NC21. The van der Waals surface area contributed by atoms with Crippen LogP contribution in [-0.4, -0.2) is 87.7 Å². The van der Waals surface area contributed by atoms with Crippen molar-refractivity contribution in [2.24, 2.45) is 0 Å². The molecule has 2 fully saturated rings. The van der Waals surface area contributed by atoms with E-state index < -0.39 is 6.09 Å². The van der Waals surface area contributed by atoms with E-state index in [0.717, 1.165) is 50.7 Å². The van der Waals surface area contributed by atoms with Gasteiger partial charge in [0.05, 0.1) is 31.9 Å². The summed E-state index contributed by atoms with van der Waals surface area (Å²) < 4.78 is 15.1. The maximum atomic E-state index is 12.0. The van der Waals surface area contributed by atoms with Crippen LogP contribution in [0.4, 0.5) is 9.59 Å². The molecule has 0 spiro atoms. The van der Waals surface area contributed by atoms with E-state index >= 15 is 0 Å². The predicted octanol–water partition coefficient (Wildman–Crippen LogP) is 1.78. The third-order valence-corrected chi connectivity index (χ3v) is 7.18. The molecule has 0 radical (unpaired) electrons. The summed E-state index contributed by atoms with van der Waals surface area (Å²) in [6.45, 7) is 2.87. The molecule has 2 saturated heterocycles. The van der Waals surface area contributed by atoms with Crippen molar-refractivity contribution >= 4 is 29.8 Å². The van der Waals surface area contributed by atoms with E-state index in [1.165, 1.54) is 0 Å². The van der Waals surface area contributed by atoms with Crippen LogP contribution in [0.5, 0.6) is 0 Å². The van der Waals surface area contributed by atoms with Gasteiger partial charge in [0.25, 0.3) is 0 Å². The first-order valence-corrected chi connectivity index (χ1v) is 13.1. The van der Waals surface area contributed by atoms with E-state index in [1.807, 2.05) is 11.8 Å². The number of unbranched alkanes of at least 4 members (excludes halogenated alkanes) is 4. The summed E-state index contributed by atoms with van der Waals surface area (Å²) in [5.41, 5.74) is 0. The topological polar surface area (TPSA) is 127 Å². The Morgan fingerprint density at radius 1 is 0.970 bits per heavy atom. The maximum absolute atomic E-state index is 12.0. The molecule has 190 valence electrons. The standard InChI is InChI=1S/C22H40N4O6S/c1-30-12-13-31-14-15-32-22(29)24-11-7-3-2-6-10-23-19(27)9-5-4-8-18-20-17(16-33-18)25-21(28)26-20/h17-18,20H,2-16H2,1H3,(H,23,27)(H,24,29)(H2,25,26,28). The van der Waals surface area contributed by atoms with Crippen molar-refractivity contribution in [1.29, 1.82) is 0 Å². The molecule has 3 unspecified atom stereocenters. The Labute approximate surface area is 201 Å². The van der Waals surface area contributed by atoms with Crippen LogP contribution < -0.4 is 21.3 Å². The van der Waals surface area contributed by atoms with Crippen molar-refractivity contribution in [3.05, 3.63) is 0 Å². The van der Waals surface area contributed by atoms with Crippen LogP contribution in [0, 0.1) is 0 Å². The first kappa shape index (κ1) is 27.5. The molecule has 33 heavy (non-hydrogen) atoms. The quantitative estimate of drug-likeness (QED) is 0.171. The second-order valence-corrected chi connectivity index (χ2v) is 9.57. The minimum absolute atomic E-state index is 0.0518. The summed E-state index contributed by atoms with van der Waals surface area (Å²) in [7, 11) is 1.61. The molecule has 10 nitrogen and oxygen atoms in total. The van der Waals surface area contributed by atoms with Crippen molar-refractivity contribution in [2.75, 3.05) is 52.4 Å². The maximum Gasteiger partial charge on any atom is 0.407 e. The zero-order chi connectivity index (χ0) is 23.7. The summed E-state index contributed by atoms with van der Waals surface area (Å²) in [6.07, 6.45) is 6.85. The predicted molar refractivity (Wildman–Crippen MR) is 127 cm³/mol. The zero-order valence-corrected chi connectivity index (χ0v) is 20.5. The number of amides is 4. The van der Waals surface area contributed by atoms with Crippen LogP contribution >= 0.6 is 11.8 Å². The highest BCUT2D eigenvalue weighted by Crippen LogP contribution is 2.33. The first-order chi connectivity index (χ1) is 16.1. The third-order valence-electron chi connectivity index (χ3n) is 5.67.